The van der Waals surface area contributed by atoms with E-state index in [0.717, 1.165) is 31.4 Å². The largest absolute Gasteiger partial charge is 0.481 e. The quantitative estimate of drug-likeness (QED) is 0.863. The van der Waals surface area contributed by atoms with Gasteiger partial charge < -0.3 is 15.8 Å². The summed E-state index contributed by atoms with van der Waals surface area (Å²) >= 11 is 0. The van der Waals surface area contributed by atoms with Crippen molar-refractivity contribution in [1.82, 2.24) is 5.32 Å². The average molecular weight is 284 g/mol. The Bertz CT molecular complexity index is 482. The molecular formula is C14H18F2N2O2. The summed E-state index contributed by atoms with van der Waals surface area (Å²) < 4.78 is 31.1. The van der Waals surface area contributed by atoms with E-state index in [1.807, 2.05) is 0 Å². The van der Waals surface area contributed by atoms with Crippen molar-refractivity contribution in [3.8, 4) is 5.75 Å². The summed E-state index contributed by atoms with van der Waals surface area (Å²) in [5, 5.41) is 2.84. The lowest BCUT2D eigenvalue weighted by Crippen LogP contribution is -2.42. The molecule has 4 nitrogen and oxygen atoms in total. The summed E-state index contributed by atoms with van der Waals surface area (Å²) in [4.78, 5) is 11.7. The highest BCUT2D eigenvalue weighted by Gasteiger charge is 2.27. The SMILES string of the molecule is NCC1CCCC1NC(=O)COc1ccc(F)cc1F. The van der Waals surface area contributed by atoms with E-state index in [1.165, 1.54) is 0 Å². The topological polar surface area (TPSA) is 64.3 Å². The van der Waals surface area contributed by atoms with Crippen LogP contribution in [0.3, 0.4) is 0 Å². The second-order valence-electron chi connectivity index (χ2n) is 4.96. The molecule has 0 spiro atoms. The monoisotopic (exact) mass is 284 g/mol. The Morgan fingerprint density at radius 3 is 2.90 bits per heavy atom. The van der Waals surface area contributed by atoms with E-state index >= 15 is 0 Å². The van der Waals surface area contributed by atoms with Crippen LogP contribution in [0.5, 0.6) is 5.75 Å². The maximum absolute atomic E-state index is 13.3. The number of ether oxygens (including phenoxy) is 1. The number of rotatable bonds is 5. The van der Waals surface area contributed by atoms with Gasteiger partial charge in [-0.25, -0.2) is 8.78 Å². The zero-order valence-electron chi connectivity index (χ0n) is 11.1. The molecule has 1 amide bonds. The van der Waals surface area contributed by atoms with Gasteiger partial charge in [0, 0.05) is 12.1 Å². The van der Waals surface area contributed by atoms with Gasteiger partial charge >= 0.3 is 0 Å². The van der Waals surface area contributed by atoms with Crippen molar-refractivity contribution in [1.29, 1.82) is 0 Å². The number of benzene rings is 1. The summed E-state index contributed by atoms with van der Waals surface area (Å²) in [5.41, 5.74) is 5.63. The molecule has 0 radical (unpaired) electrons. The normalized spacial score (nSPS) is 21.8. The lowest BCUT2D eigenvalue weighted by molar-refractivity contribution is -0.124. The van der Waals surface area contributed by atoms with E-state index < -0.39 is 11.6 Å². The number of nitrogens with two attached hydrogens (primary N) is 1. The molecule has 3 N–H and O–H groups in total. The van der Waals surface area contributed by atoms with Crippen LogP contribution in [-0.2, 0) is 4.79 Å². The molecular weight excluding hydrogens is 266 g/mol. The molecule has 110 valence electrons. The van der Waals surface area contributed by atoms with Crippen molar-refractivity contribution >= 4 is 5.91 Å². The fourth-order valence-corrected chi connectivity index (χ4v) is 2.49. The van der Waals surface area contributed by atoms with Gasteiger partial charge in [0.25, 0.3) is 5.91 Å². The maximum Gasteiger partial charge on any atom is 0.258 e. The Hall–Kier alpha value is -1.69. The van der Waals surface area contributed by atoms with Crippen LogP contribution in [0.4, 0.5) is 8.78 Å². The Morgan fingerprint density at radius 1 is 1.40 bits per heavy atom. The van der Waals surface area contributed by atoms with Gasteiger partial charge in [0.05, 0.1) is 0 Å². The predicted octanol–water partition coefficient (Wildman–Crippen LogP) is 1.59. The van der Waals surface area contributed by atoms with Gasteiger partial charge in [-0.2, -0.15) is 0 Å². The molecule has 0 saturated heterocycles. The zero-order valence-corrected chi connectivity index (χ0v) is 11.1. The smallest absolute Gasteiger partial charge is 0.258 e. The first-order valence-corrected chi connectivity index (χ1v) is 6.67. The Kier molecular flexibility index (Phi) is 4.89. The van der Waals surface area contributed by atoms with Crippen LogP contribution in [0, 0.1) is 17.6 Å². The minimum Gasteiger partial charge on any atom is -0.481 e. The van der Waals surface area contributed by atoms with Crippen molar-refractivity contribution in [3.63, 3.8) is 0 Å². The lowest BCUT2D eigenvalue weighted by atomic mass is 10.0. The summed E-state index contributed by atoms with van der Waals surface area (Å²) in [6.45, 7) is 0.245. The van der Waals surface area contributed by atoms with Crippen LogP contribution in [-0.4, -0.2) is 25.1 Å². The molecule has 1 aromatic rings. The zero-order chi connectivity index (χ0) is 14.5. The number of nitrogens with one attached hydrogen (secondary N) is 1. The van der Waals surface area contributed by atoms with E-state index in [2.05, 4.69) is 5.32 Å². The number of hydrogen-bond donors (Lipinski definition) is 2. The van der Waals surface area contributed by atoms with E-state index in [1.54, 1.807) is 0 Å². The molecule has 1 saturated carbocycles. The first-order valence-electron chi connectivity index (χ1n) is 6.67. The van der Waals surface area contributed by atoms with Gasteiger partial charge in [-0.3, -0.25) is 4.79 Å². The predicted molar refractivity (Wildman–Crippen MR) is 70.2 cm³/mol. The highest BCUT2D eigenvalue weighted by atomic mass is 19.1. The fraction of sp³-hybridized carbons (Fsp3) is 0.500. The van der Waals surface area contributed by atoms with Crippen molar-refractivity contribution in [2.24, 2.45) is 11.7 Å². The average Bonchev–Trinajstić information content (AvgIpc) is 2.85. The van der Waals surface area contributed by atoms with E-state index in [4.69, 9.17) is 10.5 Å². The van der Waals surface area contributed by atoms with Crippen LogP contribution in [0.2, 0.25) is 0 Å². The summed E-state index contributed by atoms with van der Waals surface area (Å²) in [5.74, 6) is -1.67. The molecule has 1 aromatic carbocycles. The Balaban J connectivity index is 1.83. The van der Waals surface area contributed by atoms with E-state index in [-0.39, 0.29) is 24.3 Å². The number of halogens is 2. The van der Waals surface area contributed by atoms with Crippen molar-refractivity contribution in [2.45, 2.75) is 25.3 Å². The standard InChI is InChI=1S/C14H18F2N2O2/c15-10-4-5-13(11(16)6-10)20-8-14(19)18-12-3-1-2-9(12)7-17/h4-6,9,12H,1-3,7-8,17H2,(H,18,19). The van der Waals surface area contributed by atoms with Crippen molar-refractivity contribution < 1.29 is 18.3 Å². The van der Waals surface area contributed by atoms with E-state index in [9.17, 15) is 13.6 Å². The molecule has 6 heteroatoms. The molecule has 0 aromatic heterocycles. The van der Waals surface area contributed by atoms with Crippen LogP contribution in [0.15, 0.2) is 18.2 Å². The highest BCUT2D eigenvalue weighted by molar-refractivity contribution is 5.77. The molecule has 0 aliphatic heterocycles. The third kappa shape index (κ3) is 3.66. The molecule has 2 rings (SSSR count). The molecule has 20 heavy (non-hydrogen) atoms. The number of amides is 1. The van der Waals surface area contributed by atoms with Gasteiger partial charge in [0.2, 0.25) is 0 Å². The molecule has 1 aliphatic rings. The molecule has 1 fully saturated rings. The molecule has 2 atom stereocenters. The first kappa shape index (κ1) is 14.7. The maximum atomic E-state index is 13.3. The van der Waals surface area contributed by atoms with Crippen LogP contribution in [0.1, 0.15) is 19.3 Å². The van der Waals surface area contributed by atoms with Gasteiger partial charge in [-0.1, -0.05) is 6.42 Å². The van der Waals surface area contributed by atoms with Crippen LogP contribution in [0.25, 0.3) is 0 Å². The molecule has 1 aliphatic carbocycles. The van der Waals surface area contributed by atoms with Gasteiger partial charge in [-0.15, -0.1) is 0 Å². The second-order valence-corrected chi connectivity index (χ2v) is 4.96. The minimum atomic E-state index is -0.821. The first-order chi connectivity index (χ1) is 9.60. The van der Waals surface area contributed by atoms with Crippen molar-refractivity contribution in [3.05, 3.63) is 29.8 Å². The summed E-state index contributed by atoms with van der Waals surface area (Å²) in [6.07, 6.45) is 2.95. The number of carbonyl (C=O) groups is 1. The highest BCUT2D eigenvalue weighted by Crippen LogP contribution is 2.24. The van der Waals surface area contributed by atoms with E-state index in [0.29, 0.717) is 18.5 Å². The summed E-state index contributed by atoms with van der Waals surface area (Å²) in [6, 6.07) is 3.02. The molecule has 0 heterocycles. The third-order valence-corrected chi connectivity index (χ3v) is 3.56. The lowest BCUT2D eigenvalue weighted by Gasteiger charge is -2.19. The van der Waals surface area contributed by atoms with Crippen LogP contribution >= 0.6 is 0 Å². The van der Waals surface area contributed by atoms with Crippen molar-refractivity contribution in [2.75, 3.05) is 13.2 Å². The Morgan fingerprint density at radius 2 is 2.20 bits per heavy atom. The number of hydrogen-bond acceptors (Lipinski definition) is 3. The number of carbonyl (C=O) groups excluding carboxylic acids is 1. The van der Waals surface area contributed by atoms with Gasteiger partial charge in [0.15, 0.2) is 18.2 Å². The third-order valence-electron chi connectivity index (χ3n) is 3.56. The van der Waals surface area contributed by atoms with Crippen LogP contribution < -0.4 is 15.8 Å². The fourth-order valence-electron chi connectivity index (χ4n) is 2.49. The van der Waals surface area contributed by atoms with Gasteiger partial charge in [0.1, 0.15) is 5.82 Å². The minimum absolute atomic E-state index is 0.0640. The Labute approximate surface area is 116 Å². The van der Waals surface area contributed by atoms with Gasteiger partial charge in [-0.05, 0) is 37.4 Å². The second kappa shape index (κ2) is 6.65. The molecule has 2 unspecified atom stereocenters. The molecule has 0 bridgehead atoms. The summed E-state index contributed by atoms with van der Waals surface area (Å²) in [7, 11) is 0.